The third kappa shape index (κ3) is 3.13. The number of benzene rings is 1. The molecule has 2 heterocycles. The van der Waals surface area contributed by atoms with Gasteiger partial charge in [0.2, 0.25) is 0 Å². The van der Waals surface area contributed by atoms with E-state index in [-0.39, 0.29) is 0 Å². The zero-order valence-electron chi connectivity index (χ0n) is 12.0. The van der Waals surface area contributed by atoms with Gasteiger partial charge in [0.25, 0.3) is 5.91 Å². The first-order chi connectivity index (χ1) is 10.2. The minimum atomic E-state index is -0.466. The first kappa shape index (κ1) is 13.8. The number of hydrogen-bond acceptors (Lipinski definition) is 3. The van der Waals surface area contributed by atoms with Crippen LogP contribution in [0.3, 0.4) is 0 Å². The lowest BCUT2D eigenvalue weighted by Gasteiger charge is -2.28. The Kier molecular flexibility index (Phi) is 4.01. The molecular formula is C16H20N4O. The van der Waals surface area contributed by atoms with Crippen LogP contribution in [0, 0.1) is 0 Å². The summed E-state index contributed by atoms with van der Waals surface area (Å²) in [5.41, 5.74) is 8.20. The van der Waals surface area contributed by atoms with Crippen molar-refractivity contribution in [3.63, 3.8) is 0 Å². The topological polar surface area (TPSA) is 64.2 Å². The Bertz CT molecular complexity index is 635. The van der Waals surface area contributed by atoms with E-state index in [1.807, 2.05) is 10.8 Å². The van der Waals surface area contributed by atoms with E-state index in [2.05, 4.69) is 34.1 Å². The van der Waals surface area contributed by atoms with Crippen LogP contribution in [0.2, 0.25) is 0 Å². The molecule has 21 heavy (non-hydrogen) atoms. The highest BCUT2D eigenvalue weighted by Crippen LogP contribution is 2.18. The van der Waals surface area contributed by atoms with Gasteiger partial charge in [0.15, 0.2) is 5.82 Å². The van der Waals surface area contributed by atoms with E-state index in [0.29, 0.717) is 5.82 Å². The monoisotopic (exact) mass is 284 g/mol. The molecule has 0 saturated carbocycles. The average Bonchev–Trinajstić information content (AvgIpc) is 2.96. The maximum atomic E-state index is 11.2. The highest BCUT2D eigenvalue weighted by atomic mass is 16.1. The molecule has 0 fully saturated rings. The number of primary amides is 1. The molecule has 0 saturated heterocycles. The normalized spacial score (nSPS) is 14.9. The lowest BCUT2D eigenvalue weighted by atomic mass is 10.00. The van der Waals surface area contributed by atoms with Crippen LogP contribution in [-0.4, -0.2) is 33.4 Å². The predicted molar refractivity (Wildman–Crippen MR) is 80.8 cm³/mol. The first-order valence-corrected chi connectivity index (χ1v) is 7.34. The second-order valence-corrected chi connectivity index (χ2v) is 5.46. The van der Waals surface area contributed by atoms with E-state index < -0.39 is 5.91 Å². The molecule has 5 heteroatoms. The van der Waals surface area contributed by atoms with E-state index >= 15 is 0 Å². The van der Waals surface area contributed by atoms with Crippen LogP contribution < -0.4 is 5.73 Å². The van der Waals surface area contributed by atoms with Crippen LogP contribution in [0.15, 0.2) is 36.7 Å². The molecule has 5 nitrogen and oxygen atoms in total. The van der Waals surface area contributed by atoms with Gasteiger partial charge in [-0.05, 0) is 24.0 Å². The number of hydrogen-bond donors (Lipinski definition) is 1. The van der Waals surface area contributed by atoms with Crippen molar-refractivity contribution in [2.24, 2.45) is 5.73 Å². The van der Waals surface area contributed by atoms with Crippen molar-refractivity contribution in [2.45, 2.75) is 25.9 Å². The Morgan fingerprint density at radius 3 is 2.86 bits per heavy atom. The lowest BCUT2D eigenvalue weighted by Crippen LogP contribution is -2.32. The first-order valence-electron chi connectivity index (χ1n) is 7.34. The van der Waals surface area contributed by atoms with E-state index in [4.69, 9.17) is 5.73 Å². The van der Waals surface area contributed by atoms with Crippen molar-refractivity contribution in [1.82, 2.24) is 14.5 Å². The summed E-state index contributed by atoms with van der Waals surface area (Å²) < 4.78 is 1.83. The smallest absolute Gasteiger partial charge is 0.284 e. The van der Waals surface area contributed by atoms with Crippen LogP contribution in [0.25, 0.3) is 0 Å². The minimum Gasteiger partial charge on any atom is -0.363 e. The van der Waals surface area contributed by atoms with Crippen LogP contribution >= 0.6 is 0 Å². The summed E-state index contributed by atoms with van der Waals surface area (Å²) in [5.74, 6) is -0.120. The van der Waals surface area contributed by atoms with E-state index in [9.17, 15) is 4.79 Å². The Hall–Kier alpha value is -2.14. The molecule has 1 aliphatic heterocycles. The summed E-state index contributed by atoms with van der Waals surface area (Å²) in [6, 6.07) is 8.64. The van der Waals surface area contributed by atoms with Gasteiger partial charge in [0, 0.05) is 38.6 Å². The molecule has 2 N–H and O–H groups in total. The SMILES string of the molecule is NC(=O)c1nccn1CCCN1CCc2ccccc2C1. The molecule has 0 aliphatic carbocycles. The number of nitrogens with zero attached hydrogens (tertiary/aromatic N) is 3. The number of amides is 1. The molecule has 2 aromatic rings. The van der Waals surface area contributed by atoms with Crippen LogP contribution in [0.4, 0.5) is 0 Å². The molecule has 0 spiro atoms. The molecule has 0 bridgehead atoms. The maximum absolute atomic E-state index is 11.2. The standard InChI is InChI=1S/C16H20N4O/c17-15(21)16-18-7-11-20(16)9-3-8-19-10-6-13-4-1-2-5-14(13)12-19/h1-2,4-5,7,11H,3,6,8-10,12H2,(H2,17,21). The summed E-state index contributed by atoms with van der Waals surface area (Å²) in [7, 11) is 0. The van der Waals surface area contributed by atoms with E-state index in [1.54, 1.807) is 6.20 Å². The predicted octanol–water partition coefficient (Wildman–Crippen LogP) is 1.43. The zero-order valence-corrected chi connectivity index (χ0v) is 12.0. The largest absolute Gasteiger partial charge is 0.363 e. The Morgan fingerprint density at radius 2 is 2.05 bits per heavy atom. The van der Waals surface area contributed by atoms with Crippen LogP contribution in [0.1, 0.15) is 28.2 Å². The van der Waals surface area contributed by atoms with Gasteiger partial charge >= 0.3 is 0 Å². The summed E-state index contributed by atoms with van der Waals surface area (Å²) in [4.78, 5) is 17.7. The Balaban J connectivity index is 1.53. The molecular weight excluding hydrogens is 264 g/mol. The molecule has 0 radical (unpaired) electrons. The molecule has 1 amide bonds. The molecule has 1 aromatic heterocycles. The van der Waals surface area contributed by atoms with Gasteiger partial charge in [0.05, 0.1) is 0 Å². The number of fused-ring (bicyclic) bond motifs is 1. The molecule has 0 unspecified atom stereocenters. The maximum Gasteiger partial charge on any atom is 0.284 e. The van der Waals surface area contributed by atoms with Crippen LogP contribution in [0.5, 0.6) is 0 Å². The van der Waals surface area contributed by atoms with Crippen molar-refractivity contribution >= 4 is 5.91 Å². The van der Waals surface area contributed by atoms with Gasteiger partial charge in [0.1, 0.15) is 0 Å². The van der Waals surface area contributed by atoms with Gasteiger partial charge < -0.3 is 10.3 Å². The van der Waals surface area contributed by atoms with Crippen molar-refractivity contribution in [2.75, 3.05) is 13.1 Å². The van der Waals surface area contributed by atoms with Gasteiger partial charge in [-0.3, -0.25) is 9.69 Å². The second kappa shape index (κ2) is 6.10. The van der Waals surface area contributed by atoms with Gasteiger partial charge in [-0.15, -0.1) is 0 Å². The number of aromatic nitrogens is 2. The highest BCUT2D eigenvalue weighted by molar-refractivity contribution is 5.89. The summed E-state index contributed by atoms with van der Waals surface area (Å²) >= 11 is 0. The van der Waals surface area contributed by atoms with Crippen molar-refractivity contribution in [3.05, 3.63) is 53.6 Å². The van der Waals surface area contributed by atoms with Crippen molar-refractivity contribution in [3.8, 4) is 0 Å². The van der Waals surface area contributed by atoms with Gasteiger partial charge in [-0.2, -0.15) is 0 Å². The lowest BCUT2D eigenvalue weighted by molar-refractivity contribution is 0.0986. The summed E-state index contributed by atoms with van der Waals surface area (Å²) in [6.45, 7) is 3.91. The fourth-order valence-corrected chi connectivity index (χ4v) is 2.92. The van der Waals surface area contributed by atoms with E-state index in [1.165, 1.54) is 11.1 Å². The number of aryl methyl sites for hydroxylation is 1. The fourth-order valence-electron chi connectivity index (χ4n) is 2.92. The van der Waals surface area contributed by atoms with Crippen molar-refractivity contribution < 1.29 is 4.79 Å². The highest BCUT2D eigenvalue weighted by Gasteiger charge is 2.15. The second-order valence-electron chi connectivity index (χ2n) is 5.46. The van der Waals surface area contributed by atoms with E-state index in [0.717, 1.165) is 39.0 Å². The third-order valence-electron chi connectivity index (χ3n) is 4.02. The fraction of sp³-hybridized carbons (Fsp3) is 0.375. The molecule has 1 aliphatic rings. The summed E-state index contributed by atoms with van der Waals surface area (Å²) in [6.07, 6.45) is 5.54. The van der Waals surface area contributed by atoms with Crippen molar-refractivity contribution in [1.29, 1.82) is 0 Å². The third-order valence-corrected chi connectivity index (χ3v) is 4.02. The molecule has 1 aromatic carbocycles. The zero-order chi connectivity index (χ0) is 14.7. The summed E-state index contributed by atoms with van der Waals surface area (Å²) in [5, 5.41) is 0. The minimum absolute atomic E-state index is 0.346. The van der Waals surface area contributed by atoms with Gasteiger partial charge in [-0.1, -0.05) is 24.3 Å². The molecule has 3 rings (SSSR count). The molecule has 0 atom stereocenters. The number of carbonyl (C=O) groups is 1. The Labute approximate surface area is 124 Å². The van der Waals surface area contributed by atoms with Gasteiger partial charge in [-0.25, -0.2) is 4.98 Å². The number of nitrogens with two attached hydrogens (primary N) is 1. The van der Waals surface area contributed by atoms with Crippen LogP contribution in [-0.2, 0) is 19.5 Å². The number of imidazole rings is 1. The molecule has 110 valence electrons. The average molecular weight is 284 g/mol. The quantitative estimate of drug-likeness (QED) is 0.903. The number of carbonyl (C=O) groups excluding carboxylic acids is 1. The number of rotatable bonds is 5. The Morgan fingerprint density at radius 1 is 1.24 bits per heavy atom.